The Hall–Kier alpha value is -3.68. The molecular formula is C35H39BrF4N4O4. The Balaban J connectivity index is 1.57. The van der Waals surface area contributed by atoms with Crippen molar-refractivity contribution < 1.29 is 36.9 Å². The van der Waals surface area contributed by atoms with Crippen LogP contribution in [0.2, 0.25) is 0 Å². The fraction of sp³-hybridized carbons (Fsp3) is 0.429. The van der Waals surface area contributed by atoms with Crippen LogP contribution in [-0.4, -0.2) is 71.7 Å². The molecule has 1 saturated heterocycles. The molecule has 3 heterocycles. The zero-order valence-electron chi connectivity index (χ0n) is 27.3. The number of hydrogen-bond acceptors (Lipinski definition) is 6. The molecule has 5 rings (SSSR count). The summed E-state index contributed by atoms with van der Waals surface area (Å²) < 4.78 is 70.0. The van der Waals surface area contributed by atoms with E-state index in [4.69, 9.17) is 14.5 Å². The van der Waals surface area contributed by atoms with Crippen LogP contribution in [0, 0.1) is 11.2 Å². The lowest BCUT2D eigenvalue weighted by Crippen LogP contribution is -2.49. The number of hydrogen-bond donors (Lipinski definition) is 1. The van der Waals surface area contributed by atoms with Crippen LogP contribution in [-0.2, 0) is 29.0 Å². The number of piperazine rings is 1. The first-order chi connectivity index (χ1) is 22.7. The van der Waals surface area contributed by atoms with Crippen LogP contribution < -0.4 is 4.90 Å². The normalized spacial score (nSPS) is 14.9. The topological polar surface area (TPSA) is 80.1 Å². The van der Waals surface area contributed by atoms with Gasteiger partial charge < -0.3 is 28.9 Å². The Morgan fingerprint density at radius 3 is 2.40 bits per heavy atom. The number of ether oxygens (including phenoxy) is 2. The van der Waals surface area contributed by atoms with E-state index >= 15 is 0 Å². The van der Waals surface area contributed by atoms with Crippen LogP contribution in [0.25, 0.3) is 22.2 Å². The van der Waals surface area contributed by atoms with Crippen LogP contribution in [0.1, 0.15) is 43.7 Å². The van der Waals surface area contributed by atoms with Gasteiger partial charge in [-0.3, -0.25) is 4.98 Å². The van der Waals surface area contributed by atoms with Crippen molar-refractivity contribution in [3.05, 3.63) is 81.8 Å². The molecule has 0 bridgehead atoms. The van der Waals surface area contributed by atoms with E-state index in [1.807, 2.05) is 49.1 Å². The highest BCUT2D eigenvalue weighted by molar-refractivity contribution is 9.10. The van der Waals surface area contributed by atoms with Crippen molar-refractivity contribution in [2.24, 2.45) is 5.41 Å². The molecule has 4 aromatic rings. The van der Waals surface area contributed by atoms with Gasteiger partial charge in [0.1, 0.15) is 19.0 Å². The second-order valence-electron chi connectivity index (χ2n) is 12.8. The molecule has 1 aliphatic heterocycles. The van der Waals surface area contributed by atoms with E-state index in [1.165, 1.54) is 13.2 Å². The number of pyridine rings is 1. The maximum atomic E-state index is 14.9. The first-order valence-corrected chi connectivity index (χ1v) is 16.4. The van der Waals surface area contributed by atoms with Gasteiger partial charge in [-0.15, -0.1) is 0 Å². The summed E-state index contributed by atoms with van der Waals surface area (Å²) in [5, 5.41) is 10.6. The van der Waals surface area contributed by atoms with E-state index in [0.717, 1.165) is 16.2 Å². The van der Waals surface area contributed by atoms with Crippen LogP contribution in [0.15, 0.2) is 59.2 Å². The number of nitrogens with zero attached hydrogens (tertiary/aromatic N) is 4. The first-order valence-electron chi connectivity index (χ1n) is 15.6. The SMILES string of the molecule is CO[C@@H](C)c1ncc(N2CCN(C(=O)OCc3ccccc3)CC2)cc1-c1c(CC(C)(C)CO)c2cc(Br)c(F)cc2n1CC(F)(F)F. The Labute approximate surface area is 285 Å². The van der Waals surface area contributed by atoms with E-state index < -0.39 is 36.2 Å². The highest BCUT2D eigenvalue weighted by Crippen LogP contribution is 2.43. The maximum absolute atomic E-state index is 14.9. The third-order valence-corrected chi connectivity index (χ3v) is 9.24. The Kier molecular flexibility index (Phi) is 10.7. The summed E-state index contributed by atoms with van der Waals surface area (Å²) in [6, 6.07) is 13.8. The molecule has 13 heteroatoms. The molecule has 1 atom stereocenters. The predicted octanol–water partition coefficient (Wildman–Crippen LogP) is 7.89. The molecule has 1 amide bonds. The summed E-state index contributed by atoms with van der Waals surface area (Å²) in [4.78, 5) is 21.1. The van der Waals surface area contributed by atoms with E-state index in [0.29, 0.717) is 54.1 Å². The number of carbonyl (C=O) groups is 1. The smallest absolute Gasteiger partial charge is 0.410 e. The summed E-state index contributed by atoms with van der Waals surface area (Å²) in [6.07, 6.45) is -3.79. The lowest BCUT2D eigenvalue weighted by Gasteiger charge is -2.35. The highest BCUT2D eigenvalue weighted by Gasteiger charge is 2.35. The van der Waals surface area contributed by atoms with Crippen LogP contribution >= 0.6 is 15.9 Å². The van der Waals surface area contributed by atoms with Crippen molar-refractivity contribution in [2.45, 2.75) is 52.6 Å². The third kappa shape index (κ3) is 7.95. The Morgan fingerprint density at radius 2 is 1.77 bits per heavy atom. The second-order valence-corrected chi connectivity index (χ2v) is 13.7. The van der Waals surface area contributed by atoms with Gasteiger partial charge in [-0.1, -0.05) is 44.2 Å². The number of methoxy groups -OCH3 is 1. The summed E-state index contributed by atoms with van der Waals surface area (Å²) in [5.74, 6) is -0.694. The van der Waals surface area contributed by atoms with Gasteiger partial charge in [0.05, 0.1) is 39.4 Å². The lowest BCUT2D eigenvalue weighted by atomic mass is 9.84. The van der Waals surface area contributed by atoms with Crippen molar-refractivity contribution in [3.63, 3.8) is 0 Å². The van der Waals surface area contributed by atoms with E-state index in [1.54, 1.807) is 24.1 Å². The Morgan fingerprint density at radius 1 is 1.08 bits per heavy atom. The zero-order valence-corrected chi connectivity index (χ0v) is 28.9. The van der Waals surface area contributed by atoms with Gasteiger partial charge in [-0.05, 0) is 64.0 Å². The number of alkyl halides is 3. The molecule has 258 valence electrons. The van der Waals surface area contributed by atoms with E-state index in [2.05, 4.69) is 15.9 Å². The minimum absolute atomic E-state index is 0.0795. The number of aliphatic hydroxyl groups excluding tert-OH is 1. The fourth-order valence-electron chi connectivity index (χ4n) is 6.00. The Bertz CT molecular complexity index is 1760. The molecule has 48 heavy (non-hydrogen) atoms. The first kappa shape index (κ1) is 35.6. The molecule has 1 aliphatic rings. The molecule has 1 N–H and O–H groups in total. The van der Waals surface area contributed by atoms with Crippen molar-refractivity contribution in [1.82, 2.24) is 14.5 Å². The van der Waals surface area contributed by atoms with Gasteiger partial charge in [0.2, 0.25) is 0 Å². The number of anilines is 1. The van der Waals surface area contributed by atoms with Crippen LogP contribution in [0.4, 0.5) is 28.0 Å². The molecule has 2 aromatic heterocycles. The summed E-state index contributed by atoms with van der Waals surface area (Å²) >= 11 is 3.22. The number of benzene rings is 2. The largest absolute Gasteiger partial charge is 0.445 e. The number of aliphatic hydroxyl groups is 1. The van der Waals surface area contributed by atoms with E-state index in [-0.39, 0.29) is 35.3 Å². The van der Waals surface area contributed by atoms with Crippen molar-refractivity contribution in [3.8, 4) is 11.3 Å². The number of rotatable bonds is 10. The summed E-state index contributed by atoms with van der Waals surface area (Å²) in [7, 11) is 1.49. The fourth-order valence-corrected chi connectivity index (χ4v) is 6.34. The number of halogens is 5. The highest BCUT2D eigenvalue weighted by atomic mass is 79.9. The molecule has 1 fully saturated rings. The summed E-state index contributed by atoms with van der Waals surface area (Å²) in [6.45, 7) is 5.59. The van der Waals surface area contributed by atoms with Gasteiger partial charge in [0.15, 0.2) is 0 Å². The molecular weight excluding hydrogens is 696 g/mol. The average Bonchev–Trinajstić information content (AvgIpc) is 3.32. The molecule has 8 nitrogen and oxygen atoms in total. The van der Waals surface area contributed by atoms with Crippen molar-refractivity contribution in [2.75, 3.05) is 44.8 Å². The van der Waals surface area contributed by atoms with Crippen molar-refractivity contribution in [1.29, 1.82) is 0 Å². The zero-order chi connectivity index (χ0) is 34.8. The average molecular weight is 736 g/mol. The standard InChI is InChI=1S/C35H39BrF4N4O4/c1-22(47-4)31-26(14-24(18-41-31)42-10-12-43(13-11-42)33(46)48-19-23-8-6-5-7-9-23)32-27(17-34(2,3)21-45)25-15-28(36)29(37)16-30(25)44(32)20-35(38,39)40/h5-9,14-16,18,22,45H,10-13,17,19-21H2,1-4H3/t22-/m0/s1. The van der Waals surface area contributed by atoms with Gasteiger partial charge >= 0.3 is 12.3 Å². The molecule has 0 unspecified atom stereocenters. The quantitative estimate of drug-likeness (QED) is 0.167. The molecule has 0 radical (unpaired) electrons. The molecule has 2 aromatic carbocycles. The number of aromatic nitrogens is 2. The van der Waals surface area contributed by atoms with Gasteiger partial charge in [-0.25, -0.2) is 9.18 Å². The molecule has 0 aliphatic carbocycles. The van der Waals surface area contributed by atoms with E-state index in [9.17, 15) is 27.5 Å². The van der Waals surface area contributed by atoms with Crippen LogP contribution in [0.3, 0.4) is 0 Å². The maximum Gasteiger partial charge on any atom is 0.410 e. The van der Waals surface area contributed by atoms with Gasteiger partial charge in [-0.2, -0.15) is 13.2 Å². The molecule has 0 saturated carbocycles. The van der Waals surface area contributed by atoms with Crippen molar-refractivity contribution >= 4 is 38.6 Å². The minimum atomic E-state index is -4.63. The number of carbonyl (C=O) groups excluding carboxylic acids is 1. The summed E-state index contributed by atoms with van der Waals surface area (Å²) in [5.41, 5.74) is 2.49. The number of amides is 1. The lowest BCUT2D eigenvalue weighted by molar-refractivity contribution is -0.139. The third-order valence-electron chi connectivity index (χ3n) is 8.64. The minimum Gasteiger partial charge on any atom is -0.445 e. The monoisotopic (exact) mass is 734 g/mol. The van der Waals surface area contributed by atoms with Crippen LogP contribution in [0.5, 0.6) is 0 Å². The predicted molar refractivity (Wildman–Crippen MR) is 179 cm³/mol. The van der Waals surface area contributed by atoms with Gasteiger partial charge in [0.25, 0.3) is 0 Å². The molecule has 0 spiro atoms. The van der Waals surface area contributed by atoms with Gasteiger partial charge in [0, 0.05) is 50.8 Å². The number of fused-ring (bicyclic) bond motifs is 1. The second kappa shape index (κ2) is 14.4.